The summed E-state index contributed by atoms with van der Waals surface area (Å²) in [6, 6.07) is 17.1. The molecule has 2 unspecified atom stereocenters. The number of Topliss-reactive ketones (excluding diaryl/α,β-unsaturated/α-hetero) is 1. The van der Waals surface area contributed by atoms with Crippen molar-refractivity contribution in [3.8, 4) is 0 Å². The number of hydrogen-bond donors (Lipinski definition) is 1. The third kappa shape index (κ3) is 4.11. The van der Waals surface area contributed by atoms with Gasteiger partial charge in [-0.3, -0.25) is 9.69 Å². The lowest BCUT2D eigenvalue weighted by Gasteiger charge is -2.45. The standard InChI is InChI=1S/C29H35N3O2/c33-28(22-8-2-1-3-9-22)27(25-14-13-21-7-4-5-11-24(21)30-25)32-18-16-31(17-19-32)26-12-6-10-23-15-20-34-29(23)26/h4-7,10-12,15,20,22,25,27,30H,1-3,8-9,13-14,16-19H2. The third-order valence-corrected chi connectivity index (χ3v) is 8.27. The highest BCUT2D eigenvalue weighted by atomic mass is 16.3. The Morgan fingerprint density at radius 1 is 0.912 bits per heavy atom. The zero-order valence-corrected chi connectivity index (χ0v) is 19.9. The quantitative estimate of drug-likeness (QED) is 0.548. The molecule has 1 aromatic heterocycles. The fraction of sp³-hybridized carbons (Fsp3) is 0.483. The van der Waals surface area contributed by atoms with Crippen LogP contribution in [0.5, 0.6) is 0 Å². The molecule has 5 nitrogen and oxygen atoms in total. The molecule has 3 aromatic rings. The van der Waals surface area contributed by atoms with Gasteiger partial charge in [0.05, 0.1) is 18.0 Å². The van der Waals surface area contributed by atoms with Crippen LogP contribution in [-0.2, 0) is 11.2 Å². The van der Waals surface area contributed by atoms with Gasteiger partial charge in [0.15, 0.2) is 11.4 Å². The van der Waals surface area contributed by atoms with Gasteiger partial charge in [0, 0.05) is 49.2 Å². The summed E-state index contributed by atoms with van der Waals surface area (Å²) < 4.78 is 5.80. The van der Waals surface area contributed by atoms with Gasteiger partial charge in [-0.1, -0.05) is 49.6 Å². The topological polar surface area (TPSA) is 48.7 Å². The second-order valence-corrected chi connectivity index (χ2v) is 10.3. The normalized spacial score (nSPS) is 22.8. The number of ketones is 1. The lowest BCUT2D eigenvalue weighted by Crippen LogP contribution is -2.60. The number of anilines is 2. The van der Waals surface area contributed by atoms with Gasteiger partial charge >= 0.3 is 0 Å². The molecular formula is C29H35N3O2. The van der Waals surface area contributed by atoms with Crippen molar-refractivity contribution in [1.82, 2.24) is 4.90 Å². The SMILES string of the molecule is O=C(C1CCCCC1)C(C1CCc2ccccc2N1)N1CCN(c2cccc3ccoc23)CC1. The number of hydrogen-bond acceptors (Lipinski definition) is 5. The van der Waals surface area contributed by atoms with Crippen LogP contribution in [0.25, 0.3) is 11.0 Å². The van der Waals surface area contributed by atoms with Crippen LogP contribution < -0.4 is 10.2 Å². The van der Waals surface area contributed by atoms with Gasteiger partial charge in [-0.2, -0.15) is 0 Å². The van der Waals surface area contributed by atoms with Crippen LogP contribution in [0, 0.1) is 5.92 Å². The number of para-hydroxylation sites is 2. The van der Waals surface area contributed by atoms with Crippen LogP contribution in [0.3, 0.4) is 0 Å². The number of nitrogens with zero attached hydrogens (tertiary/aromatic N) is 2. The van der Waals surface area contributed by atoms with Crippen LogP contribution in [-0.4, -0.2) is 48.9 Å². The van der Waals surface area contributed by atoms with Crippen LogP contribution >= 0.6 is 0 Å². The maximum absolute atomic E-state index is 14.0. The van der Waals surface area contributed by atoms with E-state index in [1.54, 1.807) is 6.26 Å². The zero-order valence-electron chi connectivity index (χ0n) is 19.9. The van der Waals surface area contributed by atoms with E-state index in [0.717, 1.165) is 62.8 Å². The number of aryl methyl sites for hydroxylation is 1. The second-order valence-electron chi connectivity index (χ2n) is 10.3. The number of carbonyl (C=O) groups is 1. The van der Waals surface area contributed by atoms with E-state index in [-0.39, 0.29) is 18.0 Å². The molecule has 5 heteroatoms. The lowest BCUT2D eigenvalue weighted by atomic mass is 9.80. The Bertz CT molecular complexity index is 1140. The monoisotopic (exact) mass is 457 g/mol. The van der Waals surface area contributed by atoms with Gasteiger partial charge in [-0.05, 0) is 49.4 Å². The summed E-state index contributed by atoms with van der Waals surface area (Å²) in [4.78, 5) is 18.9. The molecular weight excluding hydrogens is 422 g/mol. The van der Waals surface area contributed by atoms with E-state index >= 15 is 0 Å². The van der Waals surface area contributed by atoms with E-state index in [4.69, 9.17) is 4.42 Å². The molecule has 1 saturated carbocycles. The van der Waals surface area contributed by atoms with Crippen molar-refractivity contribution >= 4 is 28.1 Å². The molecule has 6 rings (SSSR count). The summed E-state index contributed by atoms with van der Waals surface area (Å²) in [6.07, 6.45) is 9.65. The molecule has 0 amide bonds. The first kappa shape index (κ1) is 21.7. The summed E-state index contributed by atoms with van der Waals surface area (Å²) in [5.74, 6) is 0.714. The molecule has 0 radical (unpaired) electrons. The number of piperazine rings is 1. The molecule has 1 N–H and O–H groups in total. The Morgan fingerprint density at radius 3 is 2.59 bits per heavy atom. The summed E-state index contributed by atoms with van der Waals surface area (Å²) >= 11 is 0. The third-order valence-electron chi connectivity index (χ3n) is 8.27. The van der Waals surface area contributed by atoms with Crippen LogP contribution in [0.4, 0.5) is 11.4 Å². The van der Waals surface area contributed by atoms with Crippen molar-refractivity contribution in [3.63, 3.8) is 0 Å². The number of carbonyl (C=O) groups excluding carboxylic acids is 1. The molecule has 2 atom stereocenters. The average Bonchev–Trinajstić information content (AvgIpc) is 3.39. The summed E-state index contributed by atoms with van der Waals surface area (Å²) in [7, 11) is 0. The molecule has 2 fully saturated rings. The van der Waals surface area contributed by atoms with Gasteiger partial charge in [0.25, 0.3) is 0 Å². The fourth-order valence-corrected chi connectivity index (χ4v) is 6.43. The molecule has 3 aliphatic rings. The molecule has 2 aromatic carbocycles. The second kappa shape index (κ2) is 9.46. The van der Waals surface area contributed by atoms with Crippen LogP contribution in [0.1, 0.15) is 44.1 Å². The first-order valence-corrected chi connectivity index (χ1v) is 13.1. The minimum atomic E-state index is -0.0435. The van der Waals surface area contributed by atoms with Crippen molar-refractivity contribution in [3.05, 3.63) is 60.4 Å². The van der Waals surface area contributed by atoms with Crippen molar-refractivity contribution in [2.45, 2.75) is 57.0 Å². The molecule has 0 spiro atoms. The van der Waals surface area contributed by atoms with Gasteiger partial charge in [-0.15, -0.1) is 0 Å². The van der Waals surface area contributed by atoms with E-state index in [1.807, 2.05) is 6.07 Å². The predicted molar refractivity (Wildman–Crippen MR) is 138 cm³/mol. The van der Waals surface area contributed by atoms with E-state index in [9.17, 15) is 4.79 Å². The molecule has 178 valence electrons. The Morgan fingerprint density at radius 2 is 1.74 bits per heavy atom. The highest BCUT2D eigenvalue weighted by Gasteiger charge is 2.40. The Labute approximate surface area is 202 Å². The molecule has 1 saturated heterocycles. The number of fused-ring (bicyclic) bond motifs is 2. The molecule has 34 heavy (non-hydrogen) atoms. The van der Waals surface area contributed by atoms with E-state index in [0.29, 0.717) is 5.78 Å². The van der Waals surface area contributed by atoms with Gasteiger partial charge in [-0.25, -0.2) is 0 Å². The number of furan rings is 1. The molecule has 1 aliphatic carbocycles. The summed E-state index contributed by atoms with van der Waals surface area (Å²) in [5, 5.41) is 4.94. The van der Waals surface area contributed by atoms with Crippen LogP contribution in [0.2, 0.25) is 0 Å². The number of rotatable bonds is 5. The molecule has 2 aliphatic heterocycles. The van der Waals surface area contributed by atoms with Crippen molar-refractivity contribution in [2.75, 3.05) is 36.4 Å². The maximum Gasteiger partial charge on any atom is 0.157 e. The highest BCUT2D eigenvalue weighted by Crippen LogP contribution is 2.33. The van der Waals surface area contributed by atoms with Crippen LogP contribution in [0.15, 0.2) is 59.2 Å². The maximum atomic E-state index is 14.0. The highest BCUT2D eigenvalue weighted by molar-refractivity contribution is 5.90. The van der Waals surface area contributed by atoms with Crippen molar-refractivity contribution in [2.24, 2.45) is 5.92 Å². The number of benzene rings is 2. The molecule has 0 bridgehead atoms. The number of nitrogens with one attached hydrogen (secondary N) is 1. The van der Waals surface area contributed by atoms with Gasteiger partial charge < -0.3 is 14.6 Å². The van der Waals surface area contributed by atoms with E-state index in [1.165, 1.54) is 36.2 Å². The van der Waals surface area contributed by atoms with E-state index < -0.39 is 0 Å². The zero-order chi connectivity index (χ0) is 22.9. The molecule has 3 heterocycles. The van der Waals surface area contributed by atoms with E-state index in [2.05, 4.69) is 57.6 Å². The largest absolute Gasteiger partial charge is 0.462 e. The minimum absolute atomic E-state index is 0.0435. The first-order chi connectivity index (χ1) is 16.8. The van der Waals surface area contributed by atoms with Crippen molar-refractivity contribution in [1.29, 1.82) is 0 Å². The van der Waals surface area contributed by atoms with Gasteiger partial charge in [0.1, 0.15) is 0 Å². The fourth-order valence-electron chi connectivity index (χ4n) is 6.43. The smallest absolute Gasteiger partial charge is 0.157 e. The first-order valence-electron chi connectivity index (χ1n) is 13.1. The Kier molecular flexibility index (Phi) is 6.04. The Balaban J connectivity index is 1.22. The minimum Gasteiger partial charge on any atom is -0.462 e. The van der Waals surface area contributed by atoms with Gasteiger partial charge in [0.2, 0.25) is 0 Å². The summed E-state index contributed by atoms with van der Waals surface area (Å²) in [5.41, 5.74) is 4.72. The predicted octanol–water partition coefficient (Wildman–Crippen LogP) is 5.50. The average molecular weight is 458 g/mol. The van der Waals surface area contributed by atoms with Crippen molar-refractivity contribution < 1.29 is 9.21 Å². The Hall–Kier alpha value is -2.79. The summed E-state index contributed by atoms with van der Waals surface area (Å²) in [6.45, 7) is 3.63. The lowest BCUT2D eigenvalue weighted by molar-refractivity contribution is -0.130.